The Bertz CT molecular complexity index is 709. The Morgan fingerprint density at radius 2 is 1.81 bits per heavy atom. The molecule has 0 radical (unpaired) electrons. The lowest BCUT2D eigenvalue weighted by atomic mass is 9.94. The van der Waals surface area contributed by atoms with Crippen LogP contribution < -0.4 is 0 Å². The standard InChI is InChI=1S/C16H14N2O2S/c1-10-13(8-11-4-6-12(21-3)7-5-11)15(19)18(2)16(20)14(10)9-17/h4-8H,1-3H3/b13-8+. The van der Waals surface area contributed by atoms with Gasteiger partial charge in [0.05, 0.1) is 0 Å². The lowest BCUT2D eigenvalue weighted by Gasteiger charge is -2.23. The van der Waals surface area contributed by atoms with Gasteiger partial charge >= 0.3 is 0 Å². The number of rotatable bonds is 2. The normalized spacial score (nSPS) is 17.4. The van der Waals surface area contributed by atoms with Crippen LogP contribution in [0.3, 0.4) is 0 Å². The fourth-order valence-corrected chi connectivity index (χ4v) is 2.47. The van der Waals surface area contributed by atoms with Crippen LogP contribution in [-0.2, 0) is 9.59 Å². The number of nitriles is 1. The zero-order chi connectivity index (χ0) is 15.6. The van der Waals surface area contributed by atoms with Gasteiger partial charge in [-0.1, -0.05) is 12.1 Å². The van der Waals surface area contributed by atoms with Crippen molar-refractivity contribution >= 4 is 29.7 Å². The first-order chi connectivity index (χ1) is 9.99. The van der Waals surface area contributed by atoms with E-state index in [0.29, 0.717) is 11.1 Å². The molecule has 0 saturated carbocycles. The van der Waals surface area contributed by atoms with Crippen molar-refractivity contribution in [3.63, 3.8) is 0 Å². The molecule has 2 amide bonds. The molecule has 0 atom stereocenters. The van der Waals surface area contributed by atoms with Crippen LogP contribution in [0.4, 0.5) is 0 Å². The third kappa shape index (κ3) is 2.76. The van der Waals surface area contributed by atoms with E-state index in [0.717, 1.165) is 15.4 Å². The van der Waals surface area contributed by atoms with Gasteiger partial charge in [0, 0.05) is 17.5 Å². The number of hydrogen-bond donors (Lipinski definition) is 0. The highest BCUT2D eigenvalue weighted by molar-refractivity contribution is 7.98. The van der Waals surface area contributed by atoms with E-state index in [2.05, 4.69) is 0 Å². The van der Waals surface area contributed by atoms with Crippen LogP contribution >= 0.6 is 11.8 Å². The highest BCUT2D eigenvalue weighted by Gasteiger charge is 2.32. The molecule has 0 N–H and O–H groups in total. The van der Waals surface area contributed by atoms with Crippen LogP contribution in [0.25, 0.3) is 6.08 Å². The summed E-state index contributed by atoms with van der Waals surface area (Å²) in [5.41, 5.74) is 1.68. The summed E-state index contributed by atoms with van der Waals surface area (Å²) < 4.78 is 0. The van der Waals surface area contributed by atoms with Crippen molar-refractivity contribution in [2.45, 2.75) is 11.8 Å². The minimum absolute atomic E-state index is 0.0177. The minimum atomic E-state index is -0.546. The maximum absolute atomic E-state index is 12.2. The molecule has 0 unspecified atom stereocenters. The molecule has 1 aliphatic heterocycles. The third-order valence-corrected chi connectivity index (χ3v) is 4.11. The summed E-state index contributed by atoms with van der Waals surface area (Å²) in [6, 6.07) is 9.61. The molecule has 2 rings (SSSR count). The van der Waals surface area contributed by atoms with Crippen molar-refractivity contribution in [2.75, 3.05) is 13.3 Å². The monoisotopic (exact) mass is 298 g/mol. The highest BCUT2D eigenvalue weighted by atomic mass is 32.2. The van der Waals surface area contributed by atoms with Gasteiger partial charge in [-0.05, 0) is 42.5 Å². The summed E-state index contributed by atoms with van der Waals surface area (Å²) in [6.45, 7) is 1.63. The smallest absolute Gasteiger partial charge is 0.271 e. The molecule has 21 heavy (non-hydrogen) atoms. The summed E-state index contributed by atoms with van der Waals surface area (Å²) in [6.07, 6.45) is 3.70. The number of nitrogens with zero attached hydrogens (tertiary/aromatic N) is 2. The number of imide groups is 1. The van der Waals surface area contributed by atoms with Gasteiger partial charge in [-0.3, -0.25) is 14.5 Å². The fraction of sp³-hybridized carbons (Fsp3) is 0.188. The maximum atomic E-state index is 12.2. The van der Waals surface area contributed by atoms with Crippen molar-refractivity contribution in [3.8, 4) is 6.07 Å². The number of hydrogen-bond acceptors (Lipinski definition) is 4. The van der Waals surface area contributed by atoms with Crippen LogP contribution in [-0.4, -0.2) is 30.0 Å². The number of likely N-dealkylation sites (N-methyl/N-ethyl adjacent to an activating group) is 1. The third-order valence-electron chi connectivity index (χ3n) is 3.37. The van der Waals surface area contributed by atoms with Crippen molar-refractivity contribution in [2.24, 2.45) is 0 Å². The topological polar surface area (TPSA) is 61.2 Å². The summed E-state index contributed by atoms with van der Waals surface area (Å²) in [4.78, 5) is 26.2. The van der Waals surface area contributed by atoms with Crippen LogP contribution in [0.15, 0.2) is 45.9 Å². The second kappa shape index (κ2) is 5.98. The van der Waals surface area contributed by atoms with Gasteiger partial charge in [0.15, 0.2) is 0 Å². The number of thioether (sulfide) groups is 1. The fourth-order valence-electron chi connectivity index (χ4n) is 2.06. The number of carbonyl (C=O) groups is 2. The van der Waals surface area contributed by atoms with Crippen LogP contribution in [0.5, 0.6) is 0 Å². The summed E-state index contributed by atoms with van der Waals surface area (Å²) >= 11 is 1.64. The Kier molecular flexibility index (Phi) is 4.29. The van der Waals surface area contributed by atoms with E-state index in [1.165, 1.54) is 7.05 Å². The Morgan fingerprint density at radius 3 is 2.33 bits per heavy atom. The number of amides is 2. The first-order valence-corrected chi connectivity index (χ1v) is 7.51. The van der Waals surface area contributed by atoms with Crippen molar-refractivity contribution < 1.29 is 9.59 Å². The predicted molar refractivity (Wildman–Crippen MR) is 82.3 cm³/mol. The molecule has 1 aromatic carbocycles. The lowest BCUT2D eigenvalue weighted by Crippen LogP contribution is -2.39. The molecule has 5 heteroatoms. The van der Waals surface area contributed by atoms with E-state index >= 15 is 0 Å². The van der Waals surface area contributed by atoms with Gasteiger partial charge < -0.3 is 0 Å². The largest absolute Gasteiger partial charge is 0.277 e. The zero-order valence-electron chi connectivity index (χ0n) is 12.0. The van der Waals surface area contributed by atoms with Gasteiger partial charge in [0.25, 0.3) is 11.8 Å². The van der Waals surface area contributed by atoms with Crippen molar-refractivity contribution in [1.82, 2.24) is 4.90 Å². The molecule has 0 fully saturated rings. The van der Waals surface area contributed by atoms with Crippen LogP contribution in [0.1, 0.15) is 12.5 Å². The Balaban J connectivity index is 2.52. The number of carbonyl (C=O) groups excluding carboxylic acids is 2. The zero-order valence-corrected chi connectivity index (χ0v) is 12.8. The second-order valence-electron chi connectivity index (χ2n) is 4.61. The summed E-state index contributed by atoms with van der Waals surface area (Å²) in [5, 5.41) is 9.09. The van der Waals surface area contributed by atoms with Crippen molar-refractivity contribution in [3.05, 3.63) is 46.5 Å². The quantitative estimate of drug-likeness (QED) is 0.478. The summed E-state index contributed by atoms with van der Waals surface area (Å²) in [7, 11) is 1.39. The van der Waals surface area contributed by atoms with Crippen LogP contribution in [0, 0.1) is 11.3 Å². The van der Waals surface area contributed by atoms with Gasteiger partial charge in [-0.25, -0.2) is 0 Å². The minimum Gasteiger partial charge on any atom is -0.277 e. The molecule has 1 aliphatic rings. The molecular weight excluding hydrogens is 284 g/mol. The molecule has 1 heterocycles. The van der Waals surface area contributed by atoms with Crippen LogP contribution in [0.2, 0.25) is 0 Å². The molecule has 0 aromatic heterocycles. The number of benzene rings is 1. The molecule has 4 nitrogen and oxygen atoms in total. The molecule has 106 valence electrons. The van der Waals surface area contributed by atoms with E-state index < -0.39 is 5.91 Å². The van der Waals surface area contributed by atoms with E-state index in [4.69, 9.17) is 5.26 Å². The molecule has 0 spiro atoms. The van der Waals surface area contributed by atoms with Gasteiger partial charge in [-0.15, -0.1) is 11.8 Å². The Labute approximate surface area is 127 Å². The van der Waals surface area contributed by atoms with E-state index in [-0.39, 0.29) is 11.5 Å². The Hall–Kier alpha value is -2.32. The average molecular weight is 298 g/mol. The van der Waals surface area contributed by atoms with Gasteiger partial charge in [0.1, 0.15) is 11.6 Å². The maximum Gasteiger partial charge on any atom is 0.271 e. The first kappa shape index (κ1) is 15.1. The van der Waals surface area contributed by atoms with E-state index in [1.54, 1.807) is 24.8 Å². The second-order valence-corrected chi connectivity index (χ2v) is 5.49. The summed E-state index contributed by atoms with van der Waals surface area (Å²) in [5.74, 6) is -0.930. The lowest BCUT2D eigenvalue weighted by molar-refractivity contribution is -0.138. The molecule has 0 aliphatic carbocycles. The van der Waals surface area contributed by atoms with Gasteiger partial charge in [0.2, 0.25) is 0 Å². The van der Waals surface area contributed by atoms with Gasteiger partial charge in [-0.2, -0.15) is 5.26 Å². The molecule has 1 aromatic rings. The molecular formula is C16H14N2O2S. The highest BCUT2D eigenvalue weighted by Crippen LogP contribution is 2.26. The molecule has 0 bridgehead atoms. The average Bonchev–Trinajstić information content (AvgIpc) is 2.51. The van der Waals surface area contributed by atoms with E-state index in [1.807, 2.05) is 36.6 Å². The Morgan fingerprint density at radius 1 is 1.19 bits per heavy atom. The van der Waals surface area contributed by atoms with E-state index in [9.17, 15) is 9.59 Å². The SMILES string of the molecule is CSc1ccc(/C=C2/C(=O)N(C)C(=O)C(C#N)=C2C)cc1. The van der Waals surface area contributed by atoms with Crippen molar-refractivity contribution in [1.29, 1.82) is 5.26 Å². The first-order valence-electron chi connectivity index (χ1n) is 6.29. The predicted octanol–water partition coefficient (Wildman–Crippen LogP) is 2.63. The molecule has 0 saturated heterocycles.